The molecule has 0 rings (SSSR count). The number of aliphatic hydroxyl groups excluding tert-OH is 1. The number of aliphatic hydroxyl groups is 1. The van der Waals surface area contributed by atoms with Gasteiger partial charge in [-0.2, -0.15) is 0 Å². The highest BCUT2D eigenvalue weighted by Gasteiger charge is 2.39. The van der Waals surface area contributed by atoms with Crippen molar-refractivity contribution in [2.75, 3.05) is 33.0 Å². The van der Waals surface area contributed by atoms with Crippen LogP contribution < -0.4 is 5.32 Å². The Hall–Kier alpha value is -0.473. The lowest BCUT2D eigenvalue weighted by Crippen LogP contribution is -2.46. The van der Waals surface area contributed by atoms with Gasteiger partial charge in [-0.3, -0.25) is 4.79 Å². The van der Waals surface area contributed by atoms with Crippen molar-refractivity contribution in [3.63, 3.8) is 0 Å². The maximum Gasteiger partial charge on any atom is 0.500 e. The molecule has 2 N–H and O–H groups in total. The number of amides is 1. The maximum atomic E-state index is 11.5. The minimum atomic E-state index is -2.54. The van der Waals surface area contributed by atoms with E-state index < -0.39 is 8.80 Å². The highest BCUT2D eigenvalue weighted by atomic mass is 28.4. The van der Waals surface area contributed by atoms with Gasteiger partial charge in [-0.15, -0.1) is 0 Å². The average Bonchev–Trinajstić information content (AvgIpc) is 2.51. The van der Waals surface area contributed by atoms with Gasteiger partial charge < -0.3 is 23.7 Å². The molecule has 6 nitrogen and oxygen atoms in total. The zero-order valence-electron chi connectivity index (χ0n) is 15.2. The molecule has 138 valence electrons. The Bertz CT molecular complexity index is 287. The van der Waals surface area contributed by atoms with Gasteiger partial charge in [-0.25, -0.2) is 0 Å². The van der Waals surface area contributed by atoms with Crippen LogP contribution in [-0.4, -0.2) is 52.8 Å². The minimum Gasteiger partial charge on any atom is -0.396 e. The highest BCUT2D eigenvalue weighted by Crippen LogP contribution is 2.21. The first-order valence-electron chi connectivity index (χ1n) is 8.82. The normalized spacial score (nSPS) is 13.1. The third-order valence-corrected chi connectivity index (χ3v) is 6.63. The molecule has 1 atom stereocenters. The van der Waals surface area contributed by atoms with Crippen LogP contribution in [0.1, 0.15) is 53.4 Å². The van der Waals surface area contributed by atoms with Crippen molar-refractivity contribution in [2.24, 2.45) is 5.92 Å². The SMILES string of the molecule is CCO[Si](CCCC(C)CNC(=O)CCCO)(OCC)OCC. The molecule has 0 fully saturated rings. The van der Waals surface area contributed by atoms with Gasteiger partial charge in [0.2, 0.25) is 5.91 Å². The minimum absolute atomic E-state index is 0.00701. The van der Waals surface area contributed by atoms with E-state index in [1.165, 1.54) is 0 Å². The molecular weight excluding hydrogens is 314 g/mol. The van der Waals surface area contributed by atoms with Gasteiger partial charge in [0.15, 0.2) is 0 Å². The van der Waals surface area contributed by atoms with Crippen LogP contribution >= 0.6 is 0 Å². The number of hydrogen-bond donors (Lipinski definition) is 2. The topological polar surface area (TPSA) is 77.0 Å². The second-order valence-electron chi connectivity index (χ2n) is 5.61. The molecule has 0 aromatic rings. The largest absolute Gasteiger partial charge is 0.500 e. The molecule has 0 saturated carbocycles. The maximum absolute atomic E-state index is 11.5. The summed E-state index contributed by atoms with van der Waals surface area (Å²) in [6.07, 6.45) is 2.85. The third kappa shape index (κ3) is 10.8. The molecule has 0 heterocycles. The number of hydrogen-bond acceptors (Lipinski definition) is 5. The van der Waals surface area contributed by atoms with E-state index in [0.717, 1.165) is 18.9 Å². The van der Waals surface area contributed by atoms with E-state index in [0.29, 0.717) is 45.1 Å². The summed E-state index contributed by atoms with van der Waals surface area (Å²) in [6, 6.07) is 0.811. The standard InChI is InChI=1S/C16H35NO5Si/c1-5-20-23(21-6-2,22-7-3)13-9-10-15(4)14-17-16(19)11-8-12-18/h15,18H,5-14H2,1-4H3,(H,17,19). The zero-order valence-corrected chi connectivity index (χ0v) is 16.2. The highest BCUT2D eigenvalue weighted by molar-refractivity contribution is 6.60. The fourth-order valence-electron chi connectivity index (χ4n) is 2.39. The Labute approximate surface area is 142 Å². The summed E-state index contributed by atoms with van der Waals surface area (Å²) in [5, 5.41) is 11.6. The van der Waals surface area contributed by atoms with Crippen LogP contribution in [0.15, 0.2) is 0 Å². The smallest absolute Gasteiger partial charge is 0.396 e. The first kappa shape index (κ1) is 22.5. The molecule has 0 aromatic carbocycles. The molecule has 1 amide bonds. The average molecular weight is 350 g/mol. The molecule has 0 saturated heterocycles. The van der Waals surface area contributed by atoms with Gasteiger partial charge in [0, 0.05) is 45.4 Å². The molecule has 0 aliphatic rings. The van der Waals surface area contributed by atoms with Gasteiger partial charge in [0.25, 0.3) is 0 Å². The lowest BCUT2D eigenvalue weighted by atomic mass is 10.1. The van der Waals surface area contributed by atoms with Crippen molar-refractivity contribution >= 4 is 14.7 Å². The summed E-state index contributed by atoms with van der Waals surface area (Å²) in [7, 11) is -2.54. The van der Waals surface area contributed by atoms with Gasteiger partial charge in [0.1, 0.15) is 0 Å². The summed E-state index contributed by atoms with van der Waals surface area (Å²) >= 11 is 0. The molecule has 0 aromatic heterocycles. The fraction of sp³-hybridized carbons (Fsp3) is 0.938. The van der Waals surface area contributed by atoms with Crippen molar-refractivity contribution in [3.05, 3.63) is 0 Å². The van der Waals surface area contributed by atoms with Crippen LogP contribution in [0.3, 0.4) is 0 Å². The van der Waals surface area contributed by atoms with E-state index in [2.05, 4.69) is 12.2 Å². The third-order valence-electron chi connectivity index (χ3n) is 3.48. The summed E-state index contributed by atoms with van der Waals surface area (Å²) in [4.78, 5) is 11.5. The van der Waals surface area contributed by atoms with Crippen LogP contribution in [0.2, 0.25) is 6.04 Å². The lowest BCUT2D eigenvalue weighted by molar-refractivity contribution is -0.121. The summed E-state index contributed by atoms with van der Waals surface area (Å²) in [5.41, 5.74) is 0. The van der Waals surface area contributed by atoms with Gasteiger partial charge >= 0.3 is 8.80 Å². The van der Waals surface area contributed by atoms with Crippen molar-refractivity contribution in [1.29, 1.82) is 0 Å². The molecule has 0 aliphatic carbocycles. The van der Waals surface area contributed by atoms with Gasteiger partial charge in [-0.1, -0.05) is 6.92 Å². The molecule has 23 heavy (non-hydrogen) atoms. The quantitative estimate of drug-likeness (QED) is 0.444. The van der Waals surface area contributed by atoms with Crippen LogP contribution in [0.25, 0.3) is 0 Å². The Kier molecular flexibility index (Phi) is 13.6. The Morgan fingerprint density at radius 3 is 2.13 bits per heavy atom. The molecule has 7 heteroatoms. The zero-order chi connectivity index (χ0) is 17.6. The van der Waals surface area contributed by atoms with E-state index in [4.69, 9.17) is 18.4 Å². The van der Waals surface area contributed by atoms with E-state index >= 15 is 0 Å². The monoisotopic (exact) mass is 349 g/mol. The Morgan fingerprint density at radius 2 is 1.65 bits per heavy atom. The summed E-state index contributed by atoms with van der Waals surface area (Å²) < 4.78 is 17.5. The fourth-order valence-corrected chi connectivity index (χ4v) is 5.03. The summed E-state index contributed by atoms with van der Waals surface area (Å²) in [6.45, 7) is 10.5. The van der Waals surface area contributed by atoms with Gasteiger partial charge in [-0.05, 0) is 46.0 Å². The van der Waals surface area contributed by atoms with Crippen molar-refractivity contribution in [2.45, 2.75) is 59.4 Å². The molecule has 0 radical (unpaired) electrons. The van der Waals surface area contributed by atoms with Crippen LogP contribution in [0.5, 0.6) is 0 Å². The molecule has 0 bridgehead atoms. The number of rotatable bonds is 15. The predicted octanol–water partition coefficient (Wildman–Crippen LogP) is 2.34. The Balaban J connectivity index is 4.13. The molecular formula is C16H35NO5Si. The van der Waals surface area contributed by atoms with E-state index in [9.17, 15) is 4.79 Å². The van der Waals surface area contributed by atoms with Crippen molar-refractivity contribution < 1.29 is 23.2 Å². The number of carbonyl (C=O) groups excluding carboxylic acids is 1. The Morgan fingerprint density at radius 1 is 1.09 bits per heavy atom. The van der Waals surface area contributed by atoms with E-state index in [1.807, 2.05) is 20.8 Å². The van der Waals surface area contributed by atoms with Crippen molar-refractivity contribution in [1.82, 2.24) is 5.32 Å². The summed E-state index contributed by atoms with van der Waals surface area (Å²) in [5.74, 6) is 0.400. The van der Waals surface area contributed by atoms with E-state index in [1.54, 1.807) is 0 Å². The lowest BCUT2D eigenvalue weighted by Gasteiger charge is -2.28. The van der Waals surface area contributed by atoms with E-state index in [-0.39, 0.29) is 12.5 Å². The second kappa shape index (κ2) is 13.9. The second-order valence-corrected chi connectivity index (χ2v) is 8.34. The molecule has 1 unspecified atom stereocenters. The molecule has 0 spiro atoms. The first-order chi connectivity index (χ1) is 11.0. The molecule has 0 aliphatic heterocycles. The van der Waals surface area contributed by atoms with Crippen molar-refractivity contribution in [3.8, 4) is 0 Å². The van der Waals surface area contributed by atoms with Crippen LogP contribution in [0, 0.1) is 5.92 Å². The van der Waals surface area contributed by atoms with Crippen LogP contribution in [-0.2, 0) is 18.1 Å². The number of nitrogens with one attached hydrogen (secondary N) is 1. The predicted molar refractivity (Wildman–Crippen MR) is 93.2 cm³/mol. The first-order valence-corrected chi connectivity index (χ1v) is 10.8. The number of carbonyl (C=O) groups is 1. The van der Waals surface area contributed by atoms with Crippen LogP contribution in [0.4, 0.5) is 0 Å². The van der Waals surface area contributed by atoms with Gasteiger partial charge in [0.05, 0.1) is 0 Å².